The number of sulfone groups is 1. The molecule has 0 aromatic carbocycles. The Morgan fingerprint density at radius 3 is 2.47 bits per heavy atom. The predicted molar refractivity (Wildman–Crippen MR) is 52.1 cm³/mol. The van der Waals surface area contributed by atoms with E-state index in [0.29, 0.717) is 0 Å². The average molecular weight is 253 g/mol. The van der Waals surface area contributed by atoms with Crippen LogP contribution < -0.4 is 0 Å². The van der Waals surface area contributed by atoms with E-state index < -0.39 is 37.2 Å². The zero-order valence-corrected chi connectivity index (χ0v) is 9.93. The van der Waals surface area contributed by atoms with Crippen molar-refractivity contribution in [2.45, 2.75) is 13.0 Å². The summed E-state index contributed by atoms with van der Waals surface area (Å²) in [6.45, 7) is 1.38. The van der Waals surface area contributed by atoms with Crippen LogP contribution in [0.3, 0.4) is 0 Å². The molecule has 2 atom stereocenters. The quantitative estimate of drug-likeness (QED) is 0.602. The van der Waals surface area contributed by atoms with Crippen molar-refractivity contribution in [1.29, 1.82) is 5.26 Å². The van der Waals surface area contributed by atoms with E-state index >= 15 is 0 Å². The van der Waals surface area contributed by atoms with Gasteiger partial charge in [0, 0.05) is 0 Å². The molecule has 0 aliphatic carbocycles. The van der Waals surface area contributed by atoms with E-state index in [1.807, 2.05) is 0 Å². The minimum atomic E-state index is -3.75. The Labute approximate surface area is 88.9 Å². The Hall–Kier alpha value is -0.650. The normalized spacial score (nSPS) is 34.9. The van der Waals surface area contributed by atoms with Gasteiger partial charge >= 0.3 is 0 Å². The molecule has 1 heterocycles. The SMILES string of the molecule is C[C@@]1(C#N)CS(=O)(=O)C[C@@H]1OS(C)(=O)=O. The first-order valence-electron chi connectivity index (χ1n) is 4.08. The van der Waals surface area contributed by atoms with E-state index in [9.17, 15) is 16.8 Å². The van der Waals surface area contributed by atoms with Gasteiger partial charge in [-0.15, -0.1) is 0 Å². The van der Waals surface area contributed by atoms with Crippen LogP contribution >= 0.6 is 0 Å². The molecule has 8 heteroatoms. The van der Waals surface area contributed by atoms with Crippen molar-refractivity contribution in [2.75, 3.05) is 17.8 Å². The molecular weight excluding hydrogens is 242 g/mol. The summed E-state index contributed by atoms with van der Waals surface area (Å²) >= 11 is 0. The largest absolute Gasteiger partial charge is 0.264 e. The highest BCUT2D eigenvalue weighted by Gasteiger charge is 2.50. The fourth-order valence-corrected chi connectivity index (χ4v) is 4.44. The van der Waals surface area contributed by atoms with E-state index in [4.69, 9.17) is 5.26 Å². The van der Waals surface area contributed by atoms with Gasteiger partial charge in [-0.1, -0.05) is 0 Å². The number of hydrogen-bond acceptors (Lipinski definition) is 6. The maximum Gasteiger partial charge on any atom is 0.264 e. The molecule has 1 aliphatic heterocycles. The Balaban J connectivity index is 3.05. The van der Waals surface area contributed by atoms with Gasteiger partial charge in [0.05, 0.1) is 29.2 Å². The van der Waals surface area contributed by atoms with Crippen LogP contribution in [0.2, 0.25) is 0 Å². The Morgan fingerprint density at radius 2 is 2.07 bits per heavy atom. The zero-order valence-electron chi connectivity index (χ0n) is 8.30. The molecule has 1 aliphatic rings. The van der Waals surface area contributed by atoms with Crippen LogP contribution in [-0.2, 0) is 24.1 Å². The van der Waals surface area contributed by atoms with E-state index in [-0.39, 0.29) is 5.75 Å². The monoisotopic (exact) mass is 253 g/mol. The van der Waals surface area contributed by atoms with Crippen molar-refractivity contribution in [1.82, 2.24) is 0 Å². The van der Waals surface area contributed by atoms with E-state index in [0.717, 1.165) is 6.26 Å². The lowest BCUT2D eigenvalue weighted by Gasteiger charge is -2.20. The van der Waals surface area contributed by atoms with Gasteiger partial charge in [0.2, 0.25) is 0 Å². The molecule has 1 fully saturated rings. The molecule has 0 bridgehead atoms. The number of rotatable bonds is 2. The molecule has 0 radical (unpaired) electrons. The molecule has 0 aromatic rings. The predicted octanol–water partition coefficient (Wildman–Crippen LogP) is -0.711. The first-order chi connectivity index (χ1) is 6.58. The maximum absolute atomic E-state index is 11.3. The van der Waals surface area contributed by atoms with Crippen molar-refractivity contribution in [3.8, 4) is 6.07 Å². The minimum Gasteiger partial charge on any atom is -0.264 e. The van der Waals surface area contributed by atoms with Crippen molar-refractivity contribution in [3.05, 3.63) is 0 Å². The van der Waals surface area contributed by atoms with Gasteiger partial charge in [0.1, 0.15) is 6.10 Å². The van der Waals surface area contributed by atoms with Crippen LogP contribution in [0, 0.1) is 16.7 Å². The maximum atomic E-state index is 11.3. The Kier molecular flexibility index (Phi) is 2.84. The summed E-state index contributed by atoms with van der Waals surface area (Å²) in [6, 6.07) is 1.80. The van der Waals surface area contributed by atoms with Crippen LogP contribution in [0.1, 0.15) is 6.92 Å². The third-order valence-corrected chi connectivity index (χ3v) is 4.61. The van der Waals surface area contributed by atoms with Crippen LogP contribution in [0.5, 0.6) is 0 Å². The highest BCUT2D eigenvalue weighted by Crippen LogP contribution is 2.34. The molecule has 0 N–H and O–H groups in total. The van der Waals surface area contributed by atoms with E-state index in [1.54, 1.807) is 6.07 Å². The van der Waals surface area contributed by atoms with E-state index in [1.165, 1.54) is 6.92 Å². The molecule has 15 heavy (non-hydrogen) atoms. The van der Waals surface area contributed by atoms with Crippen LogP contribution in [-0.4, -0.2) is 40.7 Å². The van der Waals surface area contributed by atoms with Gasteiger partial charge in [-0.2, -0.15) is 13.7 Å². The lowest BCUT2D eigenvalue weighted by molar-refractivity contribution is 0.154. The molecular formula is C7H11NO5S2. The summed E-state index contributed by atoms with van der Waals surface area (Å²) in [5, 5.41) is 8.84. The smallest absolute Gasteiger partial charge is 0.264 e. The average Bonchev–Trinajstić information content (AvgIpc) is 2.19. The topological polar surface area (TPSA) is 101 Å². The highest BCUT2D eigenvalue weighted by molar-refractivity contribution is 7.91. The third kappa shape index (κ3) is 2.90. The van der Waals surface area contributed by atoms with Gasteiger partial charge < -0.3 is 0 Å². The summed E-state index contributed by atoms with van der Waals surface area (Å²) in [4.78, 5) is 0. The lowest BCUT2D eigenvalue weighted by atomic mass is 9.90. The molecule has 6 nitrogen and oxygen atoms in total. The molecule has 0 unspecified atom stereocenters. The van der Waals surface area contributed by atoms with Crippen LogP contribution in [0.25, 0.3) is 0 Å². The molecule has 0 amide bonds. The molecule has 0 aromatic heterocycles. The van der Waals surface area contributed by atoms with Crippen LogP contribution in [0.4, 0.5) is 0 Å². The summed E-state index contributed by atoms with van der Waals surface area (Å²) in [6.07, 6.45) is -0.280. The third-order valence-electron chi connectivity index (χ3n) is 2.18. The first kappa shape index (κ1) is 12.4. The zero-order chi connectivity index (χ0) is 11.9. The minimum absolute atomic E-state index is 0.364. The van der Waals surface area contributed by atoms with Gasteiger partial charge in [0.25, 0.3) is 10.1 Å². The van der Waals surface area contributed by atoms with Crippen LogP contribution in [0.15, 0.2) is 0 Å². The summed E-state index contributed by atoms with van der Waals surface area (Å²) in [5.74, 6) is -0.791. The van der Waals surface area contributed by atoms with Gasteiger partial charge in [-0.05, 0) is 6.92 Å². The number of nitrogens with zero attached hydrogens (tertiary/aromatic N) is 1. The highest BCUT2D eigenvalue weighted by atomic mass is 32.2. The van der Waals surface area contributed by atoms with E-state index in [2.05, 4.69) is 4.18 Å². The summed E-state index contributed by atoms with van der Waals surface area (Å²) in [7, 11) is -7.15. The molecule has 0 saturated carbocycles. The van der Waals surface area contributed by atoms with Crippen molar-refractivity contribution < 1.29 is 21.0 Å². The number of nitriles is 1. The second-order valence-corrected chi connectivity index (χ2v) is 7.58. The fraction of sp³-hybridized carbons (Fsp3) is 0.857. The molecule has 1 saturated heterocycles. The molecule has 0 spiro atoms. The molecule has 1 rings (SSSR count). The summed E-state index contributed by atoms with van der Waals surface area (Å²) < 4.78 is 48.9. The first-order valence-corrected chi connectivity index (χ1v) is 7.72. The second kappa shape index (κ2) is 3.43. The van der Waals surface area contributed by atoms with Gasteiger partial charge in [-0.3, -0.25) is 4.18 Å². The van der Waals surface area contributed by atoms with Gasteiger partial charge in [-0.25, -0.2) is 8.42 Å². The fourth-order valence-electron chi connectivity index (χ4n) is 1.47. The number of hydrogen-bond donors (Lipinski definition) is 0. The van der Waals surface area contributed by atoms with Crippen molar-refractivity contribution in [2.24, 2.45) is 5.41 Å². The standard InChI is InChI=1S/C7H11NO5S2/c1-7(4-8)5-15(11,12)3-6(7)13-14(2,9)10/h6H,3,5H2,1-2H3/t6-,7+/m0/s1. The Morgan fingerprint density at radius 1 is 1.53 bits per heavy atom. The molecule has 86 valence electrons. The lowest BCUT2D eigenvalue weighted by Crippen LogP contribution is -2.33. The van der Waals surface area contributed by atoms with Gasteiger partial charge in [0.15, 0.2) is 9.84 Å². The van der Waals surface area contributed by atoms with Crippen molar-refractivity contribution >= 4 is 20.0 Å². The second-order valence-electron chi connectivity index (χ2n) is 3.87. The summed E-state index contributed by atoms with van der Waals surface area (Å²) in [5.41, 5.74) is -1.29. The Bertz CT molecular complexity index is 500. The van der Waals surface area contributed by atoms with Crippen molar-refractivity contribution in [3.63, 3.8) is 0 Å².